The summed E-state index contributed by atoms with van der Waals surface area (Å²) in [6.45, 7) is 0. The van der Waals surface area contributed by atoms with Crippen LogP contribution in [0, 0.1) is 11.6 Å². The van der Waals surface area contributed by atoms with Crippen LogP contribution in [0.15, 0.2) is 58.8 Å². The number of benzene rings is 2. The van der Waals surface area contributed by atoms with Crippen molar-refractivity contribution in [2.24, 2.45) is 7.05 Å². The molecule has 0 saturated carbocycles. The van der Waals surface area contributed by atoms with E-state index in [2.05, 4.69) is 15.5 Å². The van der Waals surface area contributed by atoms with E-state index in [1.54, 1.807) is 35.2 Å². The van der Waals surface area contributed by atoms with E-state index in [1.165, 1.54) is 11.8 Å². The quantitative estimate of drug-likeness (QED) is 0.785. The summed E-state index contributed by atoms with van der Waals surface area (Å²) in [4.78, 5) is 13.0. The highest BCUT2D eigenvalue weighted by Crippen LogP contribution is 2.26. The van der Waals surface area contributed by atoms with Gasteiger partial charge in [0.1, 0.15) is 18.0 Å². The number of aromatic nitrogens is 3. The molecular weight excluding hydrogens is 334 g/mol. The van der Waals surface area contributed by atoms with E-state index < -0.39 is 17.5 Å². The average Bonchev–Trinajstić information content (AvgIpc) is 2.93. The van der Waals surface area contributed by atoms with Crippen molar-refractivity contribution >= 4 is 23.4 Å². The van der Waals surface area contributed by atoms with Crippen LogP contribution in [0.2, 0.25) is 0 Å². The number of amides is 1. The van der Waals surface area contributed by atoms with Gasteiger partial charge in [-0.25, -0.2) is 8.78 Å². The molecule has 5 nitrogen and oxygen atoms in total. The van der Waals surface area contributed by atoms with Crippen molar-refractivity contribution in [2.75, 3.05) is 5.32 Å². The maximum atomic E-state index is 13.2. The molecule has 0 saturated heterocycles. The first-order valence-electron chi connectivity index (χ1n) is 6.90. The Labute approximate surface area is 140 Å². The van der Waals surface area contributed by atoms with Crippen molar-refractivity contribution in [1.29, 1.82) is 0 Å². The maximum Gasteiger partial charge on any atom is 0.255 e. The van der Waals surface area contributed by atoms with E-state index in [4.69, 9.17) is 0 Å². The van der Waals surface area contributed by atoms with Crippen LogP contribution in [0.25, 0.3) is 0 Å². The van der Waals surface area contributed by atoms with Crippen LogP contribution in [0.1, 0.15) is 10.4 Å². The molecule has 24 heavy (non-hydrogen) atoms. The topological polar surface area (TPSA) is 59.8 Å². The van der Waals surface area contributed by atoms with Crippen LogP contribution in [0.4, 0.5) is 14.5 Å². The summed E-state index contributed by atoms with van der Waals surface area (Å²) in [5.74, 6) is -2.17. The molecule has 1 heterocycles. The monoisotopic (exact) mass is 346 g/mol. The molecule has 0 atom stereocenters. The van der Waals surface area contributed by atoms with Gasteiger partial charge in [0.2, 0.25) is 0 Å². The van der Waals surface area contributed by atoms with Gasteiger partial charge >= 0.3 is 0 Å². The minimum atomic E-state index is -0.796. The largest absolute Gasteiger partial charge is 0.322 e. The Morgan fingerprint density at radius 2 is 1.79 bits per heavy atom. The van der Waals surface area contributed by atoms with Crippen molar-refractivity contribution in [3.8, 4) is 0 Å². The fourth-order valence-electron chi connectivity index (χ4n) is 1.96. The number of aryl methyl sites for hydroxylation is 1. The lowest BCUT2D eigenvalue weighted by Crippen LogP contribution is -2.12. The maximum absolute atomic E-state index is 13.2. The molecule has 8 heteroatoms. The molecule has 0 aliphatic carbocycles. The lowest BCUT2D eigenvalue weighted by Gasteiger charge is -2.07. The Morgan fingerprint density at radius 3 is 2.38 bits per heavy atom. The average molecular weight is 346 g/mol. The summed E-state index contributed by atoms with van der Waals surface area (Å²) < 4.78 is 28.1. The number of nitrogens with one attached hydrogen (secondary N) is 1. The van der Waals surface area contributed by atoms with Crippen molar-refractivity contribution in [3.63, 3.8) is 0 Å². The van der Waals surface area contributed by atoms with Crippen molar-refractivity contribution in [3.05, 3.63) is 66.0 Å². The second kappa shape index (κ2) is 6.79. The summed E-state index contributed by atoms with van der Waals surface area (Å²) in [5.41, 5.74) is 0.442. The first-order valence-corrected chi connectivity index (χ1v) is 7.72. The minimum absolute atomic E-state index is 0.0787. The Morgan fingerprint density at radius 1 is 1.12 bits per heavy atom. The van der Waals surface area contributed by atoms with Gasteiger partial charge in [0, 0.05) is 29.3 Å². The first kappa shape index (κ1) is 16.1. The van der Waals surface area contributed by atoms with Crippen LogP contribution in [-0.2, 0) is 7.05 Å². The molecule has 2 aromatic carbocycles. The number of hydrogen-bond donors (Lipinski definition) is 1. The summed E-state index contributed by atoms with van der Waals surface area (Å²) in [6.07, 6.45) is 1.61. The van der Waals surface area contributed by atoms with Gasteiger partial charge in [0.15, 0.2) is 5.16 Å². The van der Waals surface area contributed by atoms with Gasteiger partial charge < -0.3 is 9.88 Å². The minimum Gasteiger partial charge on any atom is -0.322 e. The van der Waals surface area contributed by atoms with Crippen LogP contribution in [0.5, 0.6) is 0 Å². The van der Waals surface area contributed by atoms with Crippen molar-refractivity contribution < 1.29 is 13.6 Å². The summed E-state index contributed by atoms with van der Waals surface area (Å²) >= 11 is 1.43. The molecule has 1 aromatic heterocycles. The third-order valence-electron chi connectivity index (χ3n) is 3.12. The lowest BCUT2D eigenvalue weighted by atomic mass is 10.2. The lowest BCUT2D eigenvalue weighted by molar-refractivity contribution is 0.102. The number of anilines is 1. The van der Waals surface area contributed by atoms with Crippen LogP contribution in [-0.4, -0.2) is 20.7 Å². The molecule has 0 spiro atoms. The summed E-state index contributed by atoms with van der Waals surface area (Å²) in [7, 11) is 1.84. The summed E-state index contributed by atoms with van der Waals surface area (Å²) in [5, 5.41) is 11.1. The zero-order valence-electron chi connectivity index (χ0n) is 12.5. The number of halogens is 2. The third-order valence-corrected chi connectivity index (χ3v) is 4.18. The molecule has 0 aliphatic heterocycles. The van der Waals surface area contributed by atoms with Crippen LogP contribution >= 0.6 is 11.8 Å². The first-order chi connectivity index (χ1) is 11.5. The number of hydrogen-bond acceptors (Lipinski definition) is 4. The molecule has 3 aromatic rings. The Hall–Kier alpha value is -2.74. The van der Waals surface area contributed by atoms with Crippen molar-refractivity contribution in [2.45, 2.75) is 10.1 Å². The third kappa shape index (κ3) is 3.77. The predicted molar refractivity (Wildman–Crippen MR) is 85.9 cm³/mol. The molecule has 3 rings (SSSR count). The number of carbonyl (C=O) groups excluding carboxylic acids is 1. The second-order valence-corrected chi connectivity index (χ2v) is 6.00. The molecule has 0 fully saturated rings. The van der Waals surface area contributed by atoms with Crippen LogP contribution in [0.3, 0.4) is 0 Å². The molecule has 0 bridgehead atoms. The highest BCUT2D eigenvalue weighted by molar-refractivity contribution is 7.99. The highest BCUT2D eigenvalue weighted by Gasteiger charge is 2.10. The SMILES string of the molecule is Cn1cnnc1Sc1ccc(NC(=O)c2cc(F)cc(F)c2)cc1. The summed E-state index contributed by atoms with van der Waals surface area (Å²) in [6, 6.07) is 9.70. The van der Waals surface area contributed by atoms with Crippen molar-refractivity contribution in [1.82, 2.24) is 14.8 Å². The van der Waals surface area contributed by atoms with Gasteiger partial charge in [0.25, 0.3) is 5.91 Å². The fraction of sp³-hybridized carbons (Fsp3) is 0.0625. The predicted octanol–water partition coefficient (Wildman–Crippen LogP) is 3.50. The van der Waals surface area contributed by atoms with E-state index in [1.807, 2.05) is 7.05 Å². The van der Waals surface area contributed by atoms with Crippen LogP contribution < -0.4 is 5.32 Å². The molecule has 1 N–H and O–H groups in total. The second-order valence-electron chi connectivity index (χ2n) is 4.96. The number of nitrogens with zero attached hydrogens (tertiary/aromatic N) is 3. The molecular formula is C16H12F2N4OS. The number of carbonyl (C=O) groups is 1. The normalized spacial score (nSPS) is 10.6. The van der Waals surface area contributed by atoms with Gasteiger partial charge in [-0.3, -0.25) is 4.79 Å². The standard InChI is InChI=1S/C16H12F2N4OS/c1-22-9-19-21-16(22)24-14-4-2-13(3-5-14)20-15(23)10-6-11(17)8-12(18)7-10/h2-9H,1H3,(H,20,23). The van der Waals surface area contributed by atoms with E-state index in [0.29, 0.717) is 5.69 Å². The molecule has 1 amide bonds. The molecule has 0 radical (unpaired) electrons. The van der Waals surface area contributed by atoms with Gasteiger partial charge in [-0.05, 0) is 48.2 Å². The fourth-order valence-corrected chi connectivity index (χ4v) is 2.73. The van der Waals surface area contributed by atoms with E-state index in [-0.39, 0.29) is 5.56 Å². The number of rotatable bonds is 4. The van der Waals surface area contributed by atoms with Gasteiger partial charge in [-0.2, -0.15) is 0 Å². The Bertz CT molecular complexity index is 860. The molecule has 0 unspecified atom stereocenters. The molecule has 122 valence electrons. The van der Waals surface area contributed by atoms with E-state index in [0.717, 1.165) is 28.3 Å². The smallest absolute Gasteiger partial charge is 0.255 e. The Balaban J connectivity index is 1.69. The van der Waals surface area contributed by atoms with Gasteiger partial charge in [0.05, 0.1) is 0 Å². The van der Waals surface area contributed by atoms with Gasteiger partial charge in [-0.1, -0.05) is 0 Å². The zero-order chi connectivity index (χ0) is 17.1. The zero-order valence-corrected chi connectivity index (χ0v) is 13.3. The van der Waals surface area contributed by atoms with E-state index >= 15 is 0 Å². The Kier molecular flexibility index (Phi) is 4.57. The molecule has 0 aliphatic rings. The van der Waals surface area contributed by atoms with Gasteiger partial charge in [-0.15, -0.1) is 10.2 Å². The van der Waals surface area contributed by atoms with E-state index in [9.17, 15) is 13.6 Å². The highest BCUT2D eigenvalue weighted by atomic mass is 32.2.